The number of hydrogen-bond donors (Lipinski definition) is 3. The van der Waals surface area contributed by atoms with Gasteiger partial charge >= 0.3 is 0 Å². The van der Waals surface area contributed by atoms with Gasteiger partial charge in [-0.25, -0.2) is 0 Å². The number of nitrogens with zero attached hydrogens (tertiary/aromatic N) is 4. The third kappa shape index (κ3) is 1.83. The third-order valence-corrected chi connectivity index (χ3v) is 2.08. The summed E-state index contributed by atoms with van der Waals surface area (Å²) in [6.07, 6.45) is 3.36. The fraction of sp³-hybridized carbons (Fsp3) is 0.111. The van der Waals surface area contributed by atoms with Crippen LogP contribution in [0.25, 0.3) is 0 Å². The molecule has 0 aromatic carbocycles. The van der Waals surface area contributed by atoms with Crippen molar-refractivity contribution in [3.8, 4) is 0 Å². The maximum absolute atomic E-state index is 5.54. The molecule has 0 radical (unpaired) electrons. The van der Waals surface area contributed by atoms with Crippen LogP contribution in [-0.2, 0) is 0 Å². The lowest BCUT2D eigenvalue weighted by molar-refractivity contribution is 1.23. The molecule has 1 aromatic heterocycles. The maximum atomic E-state index is 5.54. The van der Waals surface area contributed by atoms with Gasteiger partial charge in [-0.05, 0) is 18.6 Å². The van der Waals surface area contributed by atoms with E-state index >= 15 is 0 Å². The van der Waals surface area contributed by atoms with E-state index in [9.17, 15) is 0 Å². The summed E-state index contributed by atoms with van der Waals surface area (Å²) >= 11 is 0. The summed E-state index contributed by atoms with van der Waals surface area (Å²) in [4.78, 5) is 3.97. The van der Waals surface area contributed by atoms with Crippen LogP contribution >= 0.6 is 0 Å². The largest absolute Gasteiger partial charge is 0.380 e. The Bertz CT molecular complexity index is 480. The molecule has 0 atom stereocenters. The van der Waals surface area contributed by atoms with Gasteiger partial charge in [0.25, 0.3) is 0 Å². The Morgan fingerprint density at radius 1 is 1.25 bits per heavy atom. The number of nitrogens with two attached hydrogens (primary N) is 2. The van der Waals surface area contributed by atoms with E-state index in [1.807, 2.05) is 13.0 Å². The fourth-order valence-corrected chi connectivity index (χ4v) is 1.15. The molecule has 0 saturated heterocycles. The van der Waals surface area contributed by atoms with Gasteiger partial charge in [0.1, 0.15) is 0 Å². The molecule has 0 saturated carbocycles. The van der Waals surface area contributed by atoms with Crippen LogP contribution in [0.1, 0.15) is 5.56 Å². The van der Waals surface area contributed by atoms with Gasteiger partial charge < -0.3 is 11.5 Å². The number of aromatic nitrogens is 1. The van der Waals surface area contributed by atoms with Gasteiger partial charge in [0.15, 0.2) is 17.4 Å². The molecular weight excluding hydrogens is 206 g/mol. The van der Waals surface area contributed by atoms with Crippen LogP contribution in [0.15, 0.2) is 33.8 Å². The third-order valence-electron chi connectivity index (χ3n) is 2.08. The molecule has 0 unspecified atom stereocenters. The molecule has 82 valence electrons. The second-order valence-corrected chi connectivity index (χ2v) is 3.23. The zero-order valence-electron chi connectivity index (χ0n) is 8.68. The predicted octanol–water partition coefficient (Wildman–Crippen LogP) is -0.199. The molecule has 5 N–H and O–H groups in total. The number of anilines is 1. The molecule has 2 heterocycles. The number of aryl methyl sites for hydroxylation is 1. The topological polar surface area (TPSA) is 114 Å². The van der Waals surface area contributed by atoms with Crippen LogP contribution < -0.4 is 16.9 Å². The van der Waals surface area contributed by atoms with Gasteiger partial charge in [-0.3, -0.25) is 10.4 Å². The number of hydrazone groups is 1. The quantitative estimate of drug-likeness (QED) is 0.595. The van der Waals surface area contributed by atoms with Gasteiger partial charge in [0, 0.05) is 6.20 Å². The van der Waals surface area contributed by atoms with Gasteiger partial charge in [-0.2, -0.15) is 5.10 Å². The number of hydrogen-bond acceptors (Lipinski definition) is 7. The van der Waals surface area contributed by atoms with E-state index in [1.165, 1.54) is 0 Å². The van der Waals surface area contributed by atoms with Crippen LogP contribution in [-0.4, -0.2) is 22.4 Å². The van der Waals surface area contributed by atoms with Crippen molar-refractivity contribution in [3.05, 3.63) is 24.0 Å². The monoisotopic (exact) mass is 217 g/mol. The van der Waals surface area contributed by atoms with Crippen molar-refractivity contribution in [2.45, 2.75) is 6.92 Å². The first-order valence-corrected chi connectivity index (χ1v) is 4.60. The zero-order chi connectivity index (χ0) is 11.5. The van der Waals surface area contributed by atoms with Gasteiger partial charge in [0.2, 0.25) is 0 Å². The summed E-state index contributed by atoms with van der Waals surface area (Å²) in [6.45, 7) is 1.94. The van der Waals surface area contributed by atoms with Crippen molar-refractivity contribution in [1.82, 2.24) is 4.98 Å². The Kier molecular flexibility index (Phi) is 2.50. The summed E-state index contributed by atoms with van der Waals surface area (Å²) < 4.78 is 0. The number of nitrogens with one attached hydrogen (secondary N) is 1. The number of amidine groups is 2. The summed E-state index contributed by atoms with van der Waals surface area (Å²) in [5.74, 6) is 0.401. The predicted molar refractivity (Wildman–Crippen MR) is 63.3 cm³/mol. The Labute approximate surface area is 92.0 Å². The van der Waals surface area contributed by atoms with Gasteiger partial charge in [-0.1, -0.05) is 0 Å². The van der Waals surface area contributed by atoms with Crippen LogP contribution in [0.4, 0.5) is 5.69 Å². The Balaban J connectivity index is 2.19. The first kappa shape index (κ1) is 10.1. The highest BCUT2D eigenvalue weighted by Crippen LogP contribution is 2.11. The standard InChI is InChI=1S/C9H11N7/c1-5-2-3-12-4-6(5)13-14-7-8(10)15-16-9(7)11/h2-4,13H,1H3,(H4,10,11,14,15,16). The second-order valence-electron chi connectivity index (χ2n) is 3.23. The minimum atomic E-state index is 0.201. The molecule has 16 heavy (non-hydrogen) atoms. The van der Waals surface area contributed by atoms with Crippen LogP contribution in [0.5, 0.6) is 0 Å². The lowest BCUT2D eigenvalue weighted by Crippen LogP contribution is -2.32. The SMILES string of the molecule is Cc1ccncc1NN=C1C(N)=NN=C1N. The molecule has 7 nitrogen and oxygen atoms in total. The fourth-order valence-electron chi connectivity index (χ4n) is 1.15. The second kappa shape index (κ2) is 3.97. The summed E-state index contributed by atoms with van der Waals surface area (Å²) in [6, 6.07) is 1.87. The summed E-state index contributed by atoms with van der Waals surface area (Å²) in [7, 11) is 0. The molecule has 0 spiro atoms. The normalized spacial score (nSPS) is 14.4. The maximum Gasteiger partial charge on any atom is 0.177 e. The number of rotatable bonds is 2. The molecule has 1 aliphatic rings. The Morgan fingerprint density at radius 2 is 1.94 bits per heavy atom. The van der Waals surface area contributed by atoms with E-state index in [-0.39, 0.29) is 11.7 Å². The molecule has 0 fully saturated rings. The summed E-state index contributed by atoms with van der Waals surface area (Å²) in [5, 5.41) is 11.2. The molecule has 0 amide bonds. The van der Waals surface area contributed by atoms with Crippen molar-refractivity contribution >= 4 is 23.1 Å². The number of pyridine rings is 1. The lowest BCUT2D eigenvalue weighted by atomic mass is 10.3. The van der Waals surface area contributed by atoms with E-state index in [1.54, 1.807) is 12.4 Å². The van der Waals surface area contributed by atoms with Crippen LogP contribution in [0.3, 0.4) is 0 Å². The zero-order valence-corrected chi connectivity index (χ0v) is 8.68. The first-order chi connectivity index (χ1) is 7.68. The van der Waals surface area contributed by atoms with Crippen LogP contribution in [0.2, 0.25) is 0 Å². The minimum Gasteiger partial charge on any atom is -0.380 e. The molecule has 0 bridgehead atoms. The highest BCUT2D eigenvalue weighted by atomic mass is 15.4. The molecule has 1 aromatic rings. The van der Waals surface area contributed by atoms with E-state index in [4.69, 9.17) is 11.5 Å². The molecule has 0 aliphatic carbocycles. The first-order valence-electron chi connectivity index (χ1n) is 4.60. The van der Waals surface area contributed by atoms with Crippen molar-refractivity contribution in [2.75, 3.05) is 5.43 Å². The van der Waals surface area contributed by atoms with Crippen molar-refractivity contribution < 1.29 is 0 Å². The Hall–Kier alpha value is -2.44. The highest BCUT2D eigenvalue weighted by molar-refractivity contribution is 6.68. The van der Waals surface area contributed by atoms with Gasteiger partial charge in [-0.15, -0.1) is 10.2 Å². The smallest absolute Gasteiger partial charge is 0.177 e. The van der Waals surface area contributed by atoms with Crippen molar-refractivity contribution in [1.29, 1.82) is 0 Å². The van der Waals surface area contributed by atoms with Crippen LogP contribution in [0, 0.1) is 6.92 Å². The summed E-state index contributed by atoms with van der Waals surface area (Å²) in [5.41, 5.74) is 16.0. The van der Waals surface area contributed by atoms with E-state index in [2.05, 4.69) is 25.7 Å². The molecule has 7 heteroatoms. The molecular formula is C9H11N7. The molecule has 2 rings (SSSR count). The average molecular weight is 217 g/mol. The average Bonchev–Trinajstić information content (AvgIpc) is 2.58. The minimum absolute atomic E-state index is 0.201. The van der Waals surface area contributed by atoms with E-state index in [0.29, 0.717) is 5.71 Å². The van der Waals surface area contributed by atoms with E-state index < -0.39 is 0 Å². The van der Waals surface area contributed by atoms with Crippen molar-refractivity contribution in [2.24, 2.45) is 26.8 Å². The van der Waals surface area contributed by atoms with E-state index in [0.717, 1.165) is 11.3 Å². The lowest BCUT2D eigenvalue weighted by Gasteiger charge is -2.04. The Morgan fingerprint density at radius 3 is 2.56 bits per heavy atom. The highest BCUT2D eigenvalue weighted by Gasteiger charge is 2.16. The molecule has 1 aliphatic heterocycles. The van der Waals surface area contributed by atoms with Crippen molar-refractivity contribution in [3.63, 3.8) is 0 Å². The van der Waals surface area contributed by atoms with Gasteiger partial charge in [0.05, 0.1) is 11.9 Å².